The van der Waals surface area contributed by atoms with E-state index in [-0.39, 0.29) is 6.61 Å². The molecule has 0 atom stereocenters. The number of hydrogen-bond acceptors (Lipinski definition) is 4. The molecule has 0 saturated carbocycles. The Labute approximate surface area is 289 Å². The van der Waals surface area contributed by atoms with Crippen LogP contribution in [0, 0.1) is 23.7 Å². The van der Waals surface area contributed by atoms with Gasteiger partial charge in [-0.05, 0) is 99.6 Å². The average Bonchev–Trinajstić information content (AvgIpc) is 3.16. The van der Waals surface area contributed by atoms with Crippen molar-refractivity contribution in [1.29, 1.82) is 0 Å². The number of hydrogen-bond donors (Lipinski definition) is 1. The molecule has 0 saturated heterocycles. The Morgan fingerprint density at radius 2 is 1.02 bits per heavy atom. The number of benzene rings is 6. The second-order valence-electron chi connectivity index (χ2n) is 11.8. The minimum Gasteiger partial charge on any atom is -0.497 e. The van der Waals surface area contributed by atoms with E-state index < -0.39 is 5.60 Å². The molecule has 0 heterocycles. The van der Waals surface area contributed by atoms with E-state index >= 15 is 0 Å². The predicted octanol–water partition coefficient (Wildman–Crippen LogP) is 9.27. The van der Waals surface area contributed by atoms with Crippen LogP contribution in [-0.4, -0.2) is 32.5 Å². The van der Waals surface area contributed by atoms with Crippen molar-refractivity contribution >= 4 is 21.5 Å². The van der Waals surface area contributed by atoms with Crippen LogP contribution in [-0.2, 0) is 10.3 Å². The SMILES string of the molecule is COc1ccc(C(OCCCC#Cc2ccc(C#CCCCO)c3cc4ccccc4cc23)(c2ccccc2)c2ccc(OC)cc2)cc1. The second-order valence-corrected chi connectivity index (χ2v) is 11.8. The van der Waals surface area contributed by atoms with Crippen molar-refractivity contribution in [1.82, 2.24) is 0 Å². The van der Waals surface area contributed by atoms with Crippen LogP contribution < -0.4 is 9.47 Å². The monoisotopic (exact) mass is 644 g/mol. The van der Waals surface area contributed by atoms with Gasteiger partial charge in [0.1, 0.15) is 17.1 Å². The molecule has 49 heavy (non-hydrogen) atoms. The van der Waals surface area contributed by atoms with Gasteiger partial charge in [0.2, 0.25) is 0 Å². The van der Waals surface area contributed by atoms with E-state index in [1.54, 1.807) is 14.2 Å². The van der Waals surface area contributed by atoms with E-state index in [1.165, 1.54) is 10.8 Å². The zero-order valence-corrected chi connectivity index (χ0v) is 28.0. The first-order chi connectivity index (χ1) is 24.2. The molecule has 0 aromatic heterocycles. The Morgan fingerprint density at radius 3 is 1.51 bits per heavy atom. The molecule has 6 aromatic rings. The predicted molar refractivity (Wildman–Crippen MR) is 199 cm³/mol. The number of fused-ring (bicyclic) bond motifs is 2. The van der Waals surface area contributed by atoms with Crippen LogP contribution in [0.1, 0.15) is 53.5 Å². The van der Waals surface area contributed by atoms with Crippen LogP contribution >= 0.6 is 0 Å². The standard InChI is InChI=1S/C45H40O4/c1-47-41-26-22-39(23-27-41)45(38-18-8-3-9-19-38,40-24-28-42(48-2)29-25-40)49-31-13-5-7-15-35-21-20-34(14-6-4-12-30-46)43-32-36-16-10-11-17-37(36)33-44(35)43/h3,8-11,16-29,32-33,46H,4-5,12-13,30-31H2,1-2H3. The summed E-state index contributed by atoms with van der Waals surface area (Å²) in [7, 11) is 3.35. The summed E-state index contributed by atoms with van der Waals surface area (Å²) in [5.74, 6) is 15.0. The first-order valence-electron chi connectivity index (χ1n) is 16.7. The number of aliphatic hydroxyl groups is 1. The molecule has 4 heteroatoms. The van der Waals surface area contributed by atoms with Crippen LogP contribution in [0.5, 0.6) is 11.5 Å². The van der Waals surface area contributed by atoms with Crippen LogP contribution in [0.3, 0.4) is 0 Å². The van der Waals surface area contributed by atoms with Crippen LogP contribution in [0.25, 0.3) is 21.5 Å². The molecule has 6 aromatic carbocycles. The van der Waals surface area contributed by atoms with Crippen molar-refractivity contribution in [2.45, 2.75) is 31.3 Å². The van der Waals surface area contributed by atoms with Gasteiger partial charge in [0.05, 0.1) is 14.2 Å². The van der Waals surface area contributed by atoms with E-state index in [2.05, 4.69) is 109 Å². The second kappa shape index (κ2) is 16.1. The number of ether oxygens (including phenoxy) is 3. The van der Waals surface area contributed by atoms with E-state index in [9.17, 15) is 0 Å². The maximum absolute atomic E-state index is 9.16. The van der Waals surface area contributed by atoms with Gasteiger partial charge >= 0.3 is 0 Å². The minimum atomic E-state index is -0.849. The highest BCUT2D eigenvalue weighted by Gasteiger charge is 2.37. The van der Waals surface area contributed by atoms with Crippen molar-refractivity contribution < 1.29 is 19.3 Å². The number of rotatable bonds is 11. The summed E-state index contributed by atoms with van der Waals surface area (Å²) in [6, 6.07) is 43.5. The van der Waals surface area contributed by atoms with Gasteiger partial charge in [-0.25, -0.2) is 0 Å². The van der Waals surface area contributed by atoms with Crippen LogP contribution in [0.2, 0.25) is 0 Å². The van der Waals surface area contributed by atoms with Crippen molar-refractivity contribution in [2.24, 2.45) is 0 Å². The zero-order valence-electron chi connectivity index (χ0n) is 28.0. The van der Waals surface area contributed by atoms with Crippen molar-refractivity contribution in [3.63, 3.8) is 0 Å². The van der Waals surface area contributed by atoms with Gasteiger partial charge in [-0.15, -0.1) is 0 Å². The topological polar surface area (TPSA) is 47.9 Å². The highest BCUT2D eigenvalue weighted by atomic mass is 16.5. The quantitative estimate of drug-likeness (QED) is 0.0661. The third-order valence-corrected chi connectivity index (χ3v) is 8.73. The third kappa shape index (κ3) is 7.48. The summed E-state index contributed by atoms with van der Waals surface area (Å²) in [4.78, 5) is 0. The lowest BCUT2D eigenvalue weighted by atomic mass is 9.80. The molecule has 0 aliphatic rings. The van der Waals surface area contributed by atoms with Gasteiger partial charge in [0.25, 0.3) is 0 Å². The summed E-state index contributed by atoms with van der Waals surface area (Å²) >= 11 is 0. The Morgan fingerprint density at radius 1 is 0.551 bits per heavy atom. The molecule has 1 N–H and O–H groups in total. The molecule has 0 bridgehead atoms. The Balaban J connectivity index is 1.28. The summed E-state index contributed by atoms with van der Waals surface area (Å²) in [5.41, 5.74) is 4.17. The molecule has 0 aliphatic carbocycles. The smallest absolute Gasteiger partial charge is 0.143 e. The van der Waals surface area contributed by atoms with E-state index in [1.807, 2.05) is 42.5 Å². The Hall–Kier alpha value is -5.52. The number of unbranched alkanes of at least 4 members (excludes halogenated alkanes) is 2. The van der Waals surface area contributed by atoms with Gasteiger partial charge in [-0.1, -0.05) is 103 Å². The van der Waals surface area contributed by atoms with Gasteiger partial charge in [-0.2, -0.15) is 0 Å². The fourth-order valence-corrected chi connectivity index (χ4v) is 6.19. The molecule has 4 nitrogen and oxygen atoms in total. The van der Waals surface area contributed by atoms with Gasteiger partial charge in [0.15, 0.2) is 0 Å². The molecule has 0 radical (unpaired) electrons. The Kier molecular flexibility index (Phi) is 10.9. The minimum absolute atomic E-state index is 0.149. The maximum Gasteiger partial charge on any atom is 0.143 e. The lowest BCUT2D eigenvalue weighted by Crippen LogP contribution is -2.33. The summed E-state index contributed by atoms with van der Waals surface area (Å²) in [6.45, 7) is 0.644. The normalized spacial score (nSPS) is 11.0. The lowest BCUT2D eigenvalue weighted by Gasteiger charge is -2.36. The molecule has 6 rings (SSSR count). The summed E-state index contributed by atoms with van der Waals surface area (Å²) in [6.07, 6.45) is 2.77. The molecule has 0 aliphatic heterocycles. The van der Waals surface area contributed by atoms with Gasteiger partial charge in [-0.3, -0.25) is 0 Å². The molecule has 0 unspecified atom stereocenters. The molecule has 244 valence electrons. The Bertz CT molecular complexity index is 2080. The fraction of sp³-hybridized carbons (Fsp3) is 0.200. The molecular weight excluding hydrogens is 604 g/mol. The highest BCUT2D eigenvalue weighted by molar-refractivity contribution is 6.03. The van der Waals surface area contributed by atoms with E-state index in [4.69, 9.17) is 19.3 Å². The molecule has 0 spiro atoms. The largest absolute Gasteiger partial charge is 0.497 e. The van der Waals surface area contributed by atoms with Crippen molar-refractivity contribution in [3.8, 4) is 35.2 Å². The van der Waals surface area contributed by atoms with Crippen LogP contribution in [0.15, 0.2) is 127 Å². The third-order valence-electron chi connectivity index (χ3n) is 8.73. The lowest BCUT2D eigenvalue weighted by molar-refractivity contribution is 0.0120. The van der Waals surface area contributed by atoms with Gasteiger partial charge < -0.3 is 19.3 Å². The first-order valence-corrected chi connectivity index (χ1v) is 16.7. The first kappa shape index (κ1) is 33.4. The average molecular weight is 645 g/mol. The highest BCUT2D eigenvalue weighted by Crippen LogP contribution is 2.42. The maximum atomic E-state index is 9.16. The van der Waals surface area contributed by atoms with E-state index in [0.29, 0.717) is 25.9 Å². The van der Waals surface area contributed by atoms with Crippen molar-refractivity contribution in [3.05, 3.63) is 155 Å². The fourth-order valence-electron chi connectivity index (χ4n) is 6.19. The molecule has 0 fully saturated rings. The number of aliphatic hydroxyl groups excluding tert-OH is 1. The van der Waals surface area contributed by atoms with Crippen molar-refractivity contribution in [2.75, 3.05) is 27.4 Å². The molecular formula is C45H40O4. The zero-order chi connectivity index (χ0) is 33.9. The summed E-state index contributed by atoms with van der Waals surface area (Å²) in [5, 5.41) is 13.7. The summed E-state index contributed by atoms with van der Waals surface area (Å²) < 4.78 is 18.0. The van der Waals surface area contributed by atoms with E-state index in [0.717, 1.165) is 56.5 Å². The van der Waals surface area contributed by atoms with Gasteiger partial charge in [0, 0.05) is 37.2 Å². The van der Waals surface area contributed by atoms with Crippen LogP contribution in [0.4, 0.5) is 0 Å². The molecule has 0 amide bonds. The number of methoxy groups -OCH3 is 2.